The minimum atomic E-state index is -0.972. The molecule has 1 saturated carbocycles. The molecular weight excluding hydrogens is 350 g/mol. The lowest BCUT2D eigenvalue weighted by atomic mass is 9.74. The zero-order chi connectivity index (χ0) is 19.2. The van der Waals surface area contributed by atoms with Gasteiger partial charge in [0.1, 0.15) is 0 Å². The van der Waals surface area contributed by atoms with Gasteiger partial charge in [-0.3, -0.25) is 0 Å². The number of hydrogen-bond donors (Lipinski definition) is 0. The van der Waals surface area contributed by atoms with Gasteiger partial charge in [0.2, 0.25) is 11.6 Å². The molecule has 152 valence electrons. The molecule has 0 spiro atoms. The molecule has 0 N–H and O–H groups in total. The molecule has 2 fully saturated rings. The monoisotopic (exact) mass is 382 g/mol. The van der Waals surface area contributed by atoms with Crippen LogP contribution in [0.4, 0.5) is 8.78 Å². The van der Waals surface area contributed by atoms with Crippen LogP contribution in [-0.4, -0.2) is 25.9 Å². The van der Waals surface area contributed by atoms with Crippen LogP contribution in [0, 0.1) is 29.4 Å². The Labute approximate surface area is 161 Å². The highest BCUT2D eigenvalue weighted by Gasteiger charge is 2.31. The highest BCUT2D eigenvalue weighted by atomic mass is 19.2. The Morgan fingerprint density at radius 3 is 2.07 bits per heavy atom. The molecule has 1 saturated heterocycles. The van der Waals surface area contributed by atoms with E-state index in [9.17, 15) is 8.78 Å². The molecule has 0 bridgehead atoms. The van der Waals surface area contributed by atoms with Crippen molar-refractivity contribution in [2.75, 3.05) is 19.8 Å². The van der Waals surface area contributed by atoms with Crippen LogP contribution >= 0.6 is 0 Å². The summed E-state index contributed by atoms with van der Waals surface area (Å²) in [4.78, 5) is 0. The average Bonchev–Trinajstić information content (AvgIpc) is 2.71. The highest BCUT2D eigenvalue weighted by Crippen LogP contribution is 2.38. The fraction of sp³-hybridized carbons (Fsp3) is 0.727. The van der Waals surface area contributed by atoms with Crippen LogP contribution in [-0.2, 0) is 4.74 Å². The fourth-order valence-electron chi connectivity index (χ4n) is 4.45. The maximum absolute atomic E-state index is 14.1. The number of ether oxygens (including phenoxy) is 3. The molecule has 0 aromatic heterocycles. The van der Waals surface area contributed by atoms with Gasteiger partial charge in [-0.25, -0.2) is 0 Å². The van der Waals surface area contributed by atoms with Crippen LogP contribution in [0.25, 0.3) is 0 Å². The molecule has 1 aliphatic carbocycles. The second-order valence-electron chi connectivity index (χ2n) is 7.92. The van der Waals surface area contributed by atoms with E-state index in [0.717, 1.165) is 31.8 Å². The summed E-state index contributed by atoms with van der Waals surface area (Å²) < 4.78 is 44.7. The van der Waals surface area contributed by atoms with Gasteiger partial charge in [-0.15, -0.1) is 0 Å². The molecule has 1 heterocycles. The largest absolute Gasteiger partial charge is 0.491 e. The third-order valence-electron chi connectivity index (χ3n) is 6.20. The lowest BCUT2D eigenvalue weighted by Crippen LogP contribution is -2.32. The van der Waals surface area contributed by atoms with Gasteiger partial charge in [0, 0.05) is 0 Å². The molecule has 2 unspecified atom stereocenters. The van der Waals surface area contributed by atoms with Gasteiger partial charge in [-0.2, -0.15) is 8.78 Å². The van der Waals surface area contributed by atoms with Gasteiger partial charge >= 0.3 is 0 Å². The van der Waals surface area contributed by atoms with E-state index >= 15 is 0 Å². The van der Waals surface area contributed by atoms with Crippen molar-refractivity contribution in [3.8, 4) is 11.5 Å². The Balaban J connectivity index is 1.44. The Hall–Kier alpha value is -1.36. The van der Waals surface area contributed by atoms with Gasteiger partial charge in [0.05, 0.1) is 25.9 Å². The first-order chi connectivity index (χ1) is 13.1. The fourth-order valence-corrected chi connectivity index (χ4v) is 4.45. The SMILES string of the molecule is CCOc1ccc(OCC2CCC(C3CCC(CC)OC3)CC2)c(F)c1F. The van der Waals surface area contributed by atoms with Gasteiger partial charge < -0.3 is 14.2 Å². The quantitative estimate of drug-likeness (QED) is 0.601. The summed E-state index contributed by atoms with van der Waals surface area (Å²) in [6, 6.07) is 2.89. The Morgan fingerprint density at radius 1 is 0.889 bits per heavy atom. The van der Waals surface area contributed by atoms with E-state index in [1.807, 2.05) is 0 Å². The summed E-state index contributed by atoms with van der Waals surface area (Å²) in [5.74, 6) is -0.193. The van der Waals surface area contributed by atoms with Gasteiger partial charge in [0.25, 0.3) is 0 Å². The normalized spacial score (nSPS) is 28.7. The van der Waals surface area contributed by atoms with E-state index in [4.69, 9.17) is 14.2 Å². The summed E-state index contributed by atoms with van der Waals surface area (Å²) in [5.41, 5.74) is 0. The first-order valence-corrected chi connectivity index (χ1v) is 10.5. The molecule has 0 radical (unpaired) electrons. The molecule has 3 nitrogen and oxygen atoms in total. The van der Waals surface area contributed by atoms with Crippen molar-refractivity contribution in [1.29, 1.82) is 0 Å². The van der Waals surface area contributed by atoms with Gasteiger partial charge in [-0.1, -0.05) is 6.92 Å². The minimum Gasteiger partial charge on any atom is -0.491 e. The number of benzene rings is 1. The van der Waals surface area contributed by atoms with Gasteiger partial charge in [-0.05, 0) is 81.8 Å². The van der Waals surface area contributed by atoms with Crippen molar-refractivity contribution in [3.05, 3.63) is 23.8 Å². The molecule has 1 aliphatic heterocycles. The third-order valence-corrected chi connectivity index (χ3v) is 6.20. The average molecular weight is 382 g/mol. The van der Waals surface area contributed by atoms with Crippen molar-refractivity contribution in [1.82, 2.24) is 0 Å². The number of halogens is 2. The van der Waals surface area contributed by atoms with E-state index < -0.39 is 11.6 Å². The molecule has 27 heavy (non-hydrogen) atoms. The van der Waals surface area contributed by atoms with Crippen LogP contribution < -0.4 is 9.47 Å². The number of hydrogen-bond acceptors (Lipinski definition) is 3. The van der Waals surface area contributed by atoms with Crippen molar-refractivity contribution in [2.24, 2.45) is 17.8 Å². The van der Waals surface area contributed by atoms with Crippen molar-refractivity contribution in [2.45, 2.75) is 64.9 Å². The lowest BCUT2D eigenvalue weighted by Gasteiger charge is -2.37. The van der Waals surface area contributed by atoms with Crippen molar-refractivity contribution >= 4 is 0 Å². The predicted octanol–water partition coefficient (Wildman–Crippen LogP) is 5.75. The maximum atomic E-state index is 14.1. The van der Waals surface area contributed by atoms with Crippen molar-refractivity contribution < 1.29 is 23.0 Å². The molecule has 1 aromatic carbocycles. The van der Waals surface area contributed by atoms with E-state index in [1.54, 1.807) is 6.92 Å². The zero-order valence-corrected chi connectivity index (χ0v) is 16.5. The molecule has 3 rings (SSSR count). The second kappa shape index (κ2) is 9.72. The third kappa shape index (κ3) is 5.13. The van der Waals surface area contributed by atoms with Crippen molar-refractivity contribution in [3.63, 3.8) is 0 Å². The standard InChI is InChI=1S/C22H32F2O3/c1-3-18-10-9-17(14-26-18)16-7-5-15(6-8-16)13-27-20-12-11-19(25-4-2)21(23)22(20)24/h11-12,15-18H,3-10,13-14H2,1-2H3. The van der Waals surface area contributed by atoms with E-state index in [-0.39, 0.29) is 11.5 Å². The smallest absolute Gasteiger partial charge is 0.204 e. The van der Waals surface area contributed by atoms with Gasteiger partial charge in [0.15, 0.2) is 11.5 Å². The summed E-state index contributed by atoms with van der Waals surface area (Å²) in [6.45, 7) is 5.57. The predicted molar refractivity (Wildman–Crippen MR) is 101 cm³/mol. The van der Waals surface area contributed by atoms with Crippen LogP contribution in [0.2, 0.25) is 0 Å². The van der Waals surface area contributed by atoms with Crippen LogP contribution in [0.15, 0.2) is 12.1 Å². The van der Waals surface area contributed by atoms with E-state index in [0.29, 0.717) is 31.2 Å². The molecule has 2 aliphatic rings. The Bertz CT molecular complexity index is 591. The maximum Gasteiger partial charge on any atom is 0.204 e. The molecule has 1 aromatic rings. The molecular formula is C22H32F2O3. The topological polar surface area (TPSA) is 27.7 Å². The first kappa shape index (κ1) is 20.4. The Kier molecular flexibility index (Phi) is 7.33. The zero-order valence-electron chi connectivity index (χ0n) is 16.5. The lowest BCUT2D eigenvalue weighted by molar-refractivity contribution is -0.0405. The molecule has 0 amide bonds. The van der Waals surface area contributed by atoms with E-state index in [2.05, 4.69) is 6.92 Å². The summed E-state index contributed by atoms with van der Waals surface area (Å²) in [6.07, 6.45) is 8.56. The van der Waals surface area contributed by atoms with E-state index in [1.165, 1.54) is 37.8 Å². The Morgan fingerprint density at radius 2 is 1.52 bits per heavy atom. The number of rotatable bonds is 7. The minimum absolute atomic E-state index is 0.0237. The second-order valence-corrected chi connectivity index (χ2v) is 7.92. The summed E-state index contributed by atoms with van der Waals surface area (Å²) in [7, 11) is 0. The molecule has 5 heteroatoms. The summed E-state index contributed by atoms with van der Waals surface area (Å²) >= 11 is 0. The van der Waals surface area contributed by atoms with Crippen LogP contribution in [0.3, 0.4) is 0 Å². The van der Waals surface area contributed by atoms with Crippen LogP contribution in [0.5, 0.6) is 11.5 Å². The molecule has 2 atom stereocenters. The summed E-state index contributed by atoms with van der Waals surface area (Å²) in [5, 5.41) is 0. The highest BCUT2D eigenvalue weighted by molar-refractivity contribution is 5.35. The van der Waals surface area contributed by atoms with Crippen LogP contribution in [0.1, 0.15) is 58.8 Å². The first-order valence-electron chi connectivity index (χ1n) is 10.5.